The number of aldehydes is 1. The summed E-state index contributed by atoms with van der Waals surface area (Å²) in [5, 5.41) is 3.60. The van der Waals surface area contributed by atoms with Crippen molar-refractivity contribution in [2.24, 2.45) is 0 Å². The van der Waals surface area contributed by atoms with E-state index in [1.54, 1.807) is 43.6 Å². The molecule has 128 valence electrons. The van der Waals surface area contributed by atoms with Gasteiger partial charge >= 0.3 is 0 Å². The van der Waals surface area contributed by atoms with Gasteiger partial charge in [0.2, 0.25) is 0 Å². The third-order valence-electron chi connectivity index (χ3n) is 3.86. The summed E-state index contributed by atoms with van der Waals surface area (Å²) >= 11 is 0. The molecule has 1 unspecified atom stereocenters. The van der Waals surface area contributed by atoms with E-state index in [1.165, 1.54) is 18.2 Å². The maximum atomic E-state index is 13.6. The quantitative estimate of drug-likeness (QED) is 0.554. The predicted molar refractivity (Wildman–Crippen MR) is 97.6 cm³/mol. The maximum absolute atomic E-state index is 13.6. The number of anilines is 1. The van der Waals surface area contributed by atoms with Crippen LogP contribution in [-0.4, -0.2) is 23.8 Å². The first-order valence-electron chi connectivity index (χ1n) is 7.54. The van der Waals surface area contributed by atoms with Crippen molar-refractivity contribution >= 4 is 39.3 Å². The lowest BCUT2D eigenvalue weighted by Gasteiger charge is -2.08. The summed E-state index contributed by atoms with van der Waals surface area (Å²) in [5.74, 6) is 0.0508. The number of hydrogen-bond donors (Lipinski definition) is 1. The van der Waals surface area contributed by atoms with Gasteiger partial charge in [-0.05, 0) is 42.0 Å². The molecule has 0 aliphatic carbocycles. The molecule has 1 atom stereocenters. The number of rotatable bonds is 5. The predicted octanol–water partition coefficient (Wildman–Crippen LogP) is 3.98. The van der Waals surface area contributed by atoms with Crippen LogP contribution in [0.4, 0.5) is 10.1 Å². The minimum atomic E-state index is -1.15. The summed E-state index contributed by atoms with van der Waals surface area (Å²) in [4.78, 5) is 11.8. The molecule has 0 fully saturated rings. The number of carbonyl (C=O) groups is 1. The minimum absolute atomic E-state index is 0.374. The van der Waals surface area contributed by atoms with Crippen LogP contribution in [0.25, 0.3) is 16.5 Å². The normalized spacial score (nSPS) is 13.0. The van der Waals surface area contributed by atoms with E-state index >= 15 is 0 Å². The Balaban J connectivity index is 2.25. The van der Waals surface area contributed by atoms with Gasteiger partial charge < -0.3 is 9.73 Å². The molecule has 3 aromatic rings. The topological polar surface area (TPSA) is 59.3 Å². The van der Waals surface area contributed by atoms with Crippen molar-refractivity contribution in [1.82, 2.24) is 0 Å². The van der Waals surface area contributed by atoms with Crippen LogP contribution < -0.4 is 5.32 Å². The molecule has 3 rings (SSSR count). The second-order valence-corrected chi connectivity index (χ2v) is 6.77. The molecule has 4 nitrogen and oxygen atoms in total. The molecule has 0 saturated carbocycles. The van der Waals surface area contributed by atoms with Crippen molar-refractivity contribution < 1.29 is 17.8 Å². The molecule has 25 heavy (non-hydrogen) atoms. The average Bonchev–Trinajstić information content (AvgIpc) is 2.97. The van der Waals surface area contributed by atoms with Gasteiger partial charge in [0.15, 0.2) is 5.76 Å². The number of allylic oxidation sites excluding steroid dienone is 1. The van der Waals surface area contributed by atoms with Gasteiger partial charge in [0.1, 0.15) is 17.7 Å². The zero-order chi connectivity index (χ0) is 18.0. The molecule has 1 N–H and O–H groups in total. The van der Waals surface area contributed by atoms with E-state index in [0.29, 0.717) is 44.7 Å². The van der Waals surface area contributed by atoms with E-state index in [1.807, 2.05) is 0 Å². The Bertz CT molecular complexity index is 1010. The summed E-state index contributed by atoms with van der Waals surface area (Å²) in [6.45, 7) is 0. The molecular formula is C19H16FNO3S. The van der Waals surface area contributed by atoms with Gasteiger partial charge in [0, 0.05) is 40.0 Å². The standard InChI is InChI=1S/C19H16FNO3S/c1-21-18-16-11-13(20)6-7-17(16)24-19(18)15(8-9-22)12-4-3-5-14(10-12)25(2)23/h3-11,21H,1-2H3/b15-8-. The molecule has 0 amide bonds. The Morgan fingerprint density at radius 2 is 2.04 bits per heavy atom. The fourth-order valence-corrected chi connectivity index (χ4v) is 3.28. The Kier molecular flexibility index (Phi) is 4.81. The van der Waals surface area contributed by atoms with Crippen molar-refractivity contribution in [1.29, 1.82) is 0 Å². The Morgan fingerprint density at radius 1 is 1.24 bits per heavy atom. The van der Waals surface area contributed by atoms with E-state index in [4.69, 9.17) is 4.42 Å². The van der Waals surface area contributed by atoms with Crippen LogP contribution in [0.2, 0.25) is 0 Å². The molecule has 0 radical (unpaired) electrons. The summed E-state index contributed by atoms with van der Waals surface area (Å²) in [5.41, 5.74) is 2.32. The lowest BCUT2D eigenvalue weighted by atomic mass is 10.0. The van der Waals surface area contributed by atoms with Gasteiger partial charge in [-0.25, -0.2) is 4.39 Å². The number of carbonyl (C=O) groups excluding carboxylic acids is 1. The fraction of sp³-hybridized carbons (Fsp3) is 0.105. The number of halogens is 1. The van der Waals surface area contributed by atoms with E-state index in [0.717, 1.165) is 0 Å². The van der Waals surface area contributed by atoms with Crippen LogP contribution in [0.15, 0.2) is 57.9 Å². The average molecular weight is 357 g/mol. The first-order valence-corrected chi connectivity index (χ1v) is 9.10. The number of benzene rings is 2. The van der Waals surface area contributed by atoms with Gasteiger partial charge in [-0.15, -0.1) is 0 Å². The fourth-order valence-electron chi connectivity index (χ4n) is 2.72. The molecule has 0 spiro atoms. The number of fused-ring (bicyclic) bond motifs is 1. The van der Waals surface area contributed by atoms with Gasteiger partial charge in [-0.2, -0.15) is 0 Å². The molecule has 0 bridgehead atoms. The van der Waals surface area contributed by atoms with Crippen molar-refractivity contribution in [3.63, 3.8) is 0 Å². The highest BCUT2D eigenvalue weighted by Gasteiger charge is 2.19. The van der Waals surface area contributed by atoms with Crippen LogP contribution in [-0.2, 0) is 15.6 Å². The second-order valence-electron chi connectivity index (χ2n) is 5.40. The van der Waals surface area contributed by atoms with E-state index in [9.17, 15) is 13.4 Å². The SMILES string of the molecule is CNc1c(/C(=C\C=O)c2cccc(S(C)=O)c2)oc2ccc(F)cc12. The third-order valence-corrected chi connectivity index (χ3v) is 4.77. The smallest absolute Gasteiger partial charge is 0.159 e. The Hall–Kier alpha value is -2.73. The van der Waals surface area contributed by atoms with Gasteiger partial charge in [0.25, 0.3) is 0 Å². The maximum Gasteiger partial charge on any atom is 0.159 e. The van der Waals surface area contributed by atoms with Crippen LogP contribution in [0.5, 0.6) is 0 Å². The van der Waals surface area contributed by atoms with Crippen molar-refractivity contribution in [3.05, 3.63) is 65.7 Å². The third kappa shape index (κ3) is 3.25. The van der Waals surface area contributed by atoms with Crippen LogP contribution in [0, 0.1) is 5.82 Å². The monoisotopic (exact) mass is 357 g/mol. The number of furan rings is 1. The largest absolute Gasteiger partial charge is 0.454 e. The van der Waals surface area contributed by atoms with Crippen molar-refractivity contribution in [2.75, 3.05) is 18.6 Å². The first-order chi connectivity index (χ1) is 12.0. The van der Waals surface area contributed by atoms with Gasteiger partial charge in [-0.1, -0.05) is 12.1 Å². The first kappa shape index (κ1) is 17.1. The summed E-state index contributed by atoms with van der Waals surface area (Å²) in [6.07, 6.45) is 3.63. The zero-order valence-corrected chi connectivity index (χ0v) is 14.5. The summed E-state index contributed by atoms with van der Waals surface area (Å²) < 4.78 is 31.2. The molecule has 2 aromatic carbocycles. The molecule has 0 aliphatic rings. The van der Waals surface area contributed by atoms with Gasteiger partial charge in [-0.3, -0.25) is 9.00 Å². The van der Waals surface area contributed by atoms with Crippen molar-refractivity contribution in [2.45, 2.75) is 4.90 Å². The summed E-state index contributed by atoms with van der Waals surface area (Å²) in [7, 11) is 0.551. The number of nitrogens with one attached hydrogen (secondary N) is 1. The van der Waals surface area contributed by atoms with Crippen LogP contribution in [0.1, 0.15) is 11.3 Å². The van der Waals surface area contributed by atoms with Crippen LogP contribution >= 0.6 is 0 Å². The highest BCUT2D eigenvalue weighted by atomic mass is 32.2. The van der Waals surface area contributed by atoms with E-state index in [2.05, 4.69) is 5.32 Å². The molecular weight excluding hydrogens is 341 g/mol. The Morgan fingerprint density at radius 3 is 2.72 bits per heavy atom. The van der Waals surface area contributed by atoms with Gasteiger partial charge in [0.05, 0.1) is 5.69 Å². The minimum Gasteiger partial charge on any atom is -0.454 e. The van der Waals surface area contributed by atoms with E-state index < -0.39 is 10.8 Å². The lowest BCUT2D eigenvalue weighted by Crippen LogP contribution is -1.96. The van der Waals surface area contributed by atoms with Crippen molar-refractivity contribution in [3.8, 4) is 0 Å². The van der Waals surface area contributed by atoms with Crippen LogP contribution in [0.3, 0.4) is 0 Å². The molecule has 0 aliphatic heterocycles. The number of hydrogen-bond acceptors (Lipinski definition) is 4. The molecule has 1 aromatic heterocycles. The Labute approximate surface area is 146 Å². The van der Waals surface area contributed by atoms with E-state index in [-0.39, 0.29) is 5.82 Å². The summed E-state index contributed by atoms with van der Waals surface area (Å²) in [6, 6.07) is 11.3. The highest BCUT2D eigenvalue weighted by Crippen LogP contribution is 2.38. The molecule has 0 saturated heterocycles. The molecule has 6 heteroatoms. The highest BCUT2D eigenvalue weighted by molar-refractivity contribution is 7.84. The second kappa shape index (κ2) is 7.03. The zero-order valence-electron chi connectivity index (χ0n) is 13.7. The lowest BCUT2D eigenvalue weighted by molar-refractivity contribution is -0.104. The molecule has 1 heterocycles.